The van der Waals surface area contributed by atoms with Crippen LogP contribution in [0.3, 0.4) is 0 Å². The smallest absolute Gasteiger partial charge is 0.268 e. The Hall–Kier alpha value is -0.480. The molecule has 0 rings (SSSR count). The van der Waals surface area contributed by atoms with Gasteiger partial charge in [-0.05, 0) is 5.04 Å². The van der Waals surface area contributed by atoms with Crippen molar-refractivity contribution in [2.45, 2.75) is 6.10 Å². The minimum atomic E-state index is -5.09. The quantitative estimate of drug-likeness (QED) is 0.0669. The highest BCUT2D eigenvalue weighted by Gasteiger charge is 2.20. The molecule has 0 radical (unpaired) electrons. The van der Waals surface area contributed by atoms with E-state index >= 15 is 0 Å². The van der Waals surface area contributed by atoms with Crippen LogP contribution in [0, 0.1) is 0 Å². The van der Waals surface area contributed by atoms with Crippen molar-refractivity contribution in [3.8, 4) is 0 Å². The average Bonchev–Trinajstić information content (AvgIpc) is 2.51. The summed E-state index contributed by atoms with van der Waals surface area (Å²) in [7, 11) is -9.99. The zero-order valence-corrected chi connectivity index (χ0v) is 14.4. The van der Waals surface area contributed by atoms with E-state index < -0.39 is 48.2 Å². The van der Waals surface area contributed by atoms with Crippen LogP contribution < -0.4 is 15.5 Å². The van der Waals surface area contributed by atoms with Gasteiger partial charge < -0.3 is 43.6 Å². The molecule has 150 valence electrons. The van der Waals surface area contributed by atoms with Gasteiger partial charge in [0.15, 0.2) is 0 Å². The fraction of sp³-hybridized carbons (Fsp3) is 0.750. The third-order valence-electron chi connectivity index (χ3n) is 1.75. The number of hydrogen-bond donors (Lipinski definition) is 2. The van der Waals surface area contributed by atoms with Gasteiger partial charge in [-0.1, -0.05) is 6.58 Å². The molecule has 0 spiro atoms. The zero-order valence-electron chi connectivity index (χ0n) is 12.6. The molecule has 0 aliphatic rings. The van der Waals surface area contributed by atoms with Gasteiger partial charge in [-0.2, -0.15) is 0 Å². The van der Waals surface area contributed by atoms with Crippen LogP contribution in [0.1, 0.15) is 0 Å². The first-order valence-electron chi connectivity index (χ1n) is 6.19. The minimum Gasteiger partial charge on any atom is -0.756 e. The van der Waals surface area contributed by atoms with Crippen LogP contribution in [0.4, 0.5) is 0 Å². The molecule has 0 aromatic heterocycles. The summed E-state index contributed by atoms with van der Waals surface area (Å²) < 4.78 is 39.7. The summed E-state index contributed by atoms with van der Waals surface area (Å²) in [4.78, 5) is 38.8. The van der Waals surface area contributed by atoms with Crippen molar-refractivity contribution in [1.82, 2.24) is 0 Å². The fourth-order valence-electron chi connectivity index (χ4n) is 0.991. The fourth-order valence-corrected chi connectivity index (χ4v) is 2.19. The highest BCUT2D eigenvalue weighted by Crippen LogP contribution is 2.40. The molecule has 0 aromatic rings. The van der Waals surface area contributed by atoms with Crippen LogP contribution in [-0.2, 0) is 52.3 Å². The molecule has 0 heterocycles. The van der Waals surface area contributed by atoms with Gasteiger partial charge >= 0.3 is 0 Å². The molecule has 0 saturated heterocycles. The molecule has 0 amide bonds. The van der Waals surface area contributed by atoms with Crippen LogP contribution in [0.15, 0.2) is 12.8 Å². The van der Waals surface area contributed by atoms with E-state index in [-0.39, 0.29) is 6.73 Å². The maximum absolute atomic E-state index is 11.6. The molecule has 0 bridgehead atoms. The van der Waals surface area contributed by atoms with Crippen molar-refractivity contribution in [3.63, 3.8) is 0 Å². The van der Waals surface area contributed by atoms with Crippen LogP contribution in [0.5, 0.6) is 0 Å². The van der Waals surface area contributed by atoms with E-state index in [9.17, 15) is 18.9 Å². The Morgan fingerprint density at radius 1 is 1.12 bits per heavy atom. The molecular formula is C8H17NO14P2-2. The molecule has 0 aliphatic carbocycles. The third-order valence-corrected chi connectivity index (χ3v) is 3.28. The Morgan fingerprint density at radius 3 is 2.44 bits per heavy atom. The number of phosphoric acid groups is 2. The van der Waals surface area contributed by atoms with Crippen molar-refractivity contribution in [3.05, 3.63) is 12.8 Å². The van der Waals surface area contributed by atoms with Crippen LogP contribution in [0.25, 0.3) is 0 Å². The Bertz CT molecular complexity index is 443. The van der Waals surface area contributed by atoms with Crippen molar-refractivity contribution < 1.29 is 67.0 Å². The Balaban J connectivity index is 4.12. The predicted molar refractivity (Wildman–Crippen MR) is 69.7 cm³/mol. The van der Waals surface area contributed by atoms with Gasteiger partial charge in [0.1, 0.15) is 19.0 Å². The maximum Gasteiger partial charge on any atom is 0.268 e. The Labute approximate surface area is 141 Å². The van der Waals surface area contributed by atoms with E-state index in [1.54, 1.807) is 0 Å². The second-order valence-corrected chi connectivity index (χ2v) is 6.16. The molecule has 3 N–H and O–H groups in total. The summed E-state index contributed by atoms with van der Waals surface area (Å²) in [5.41, 5.74) is 5.05. The lowest BCUT2D eigenvalue weighted by Crippen LogP contribution is -2.29. The van der Waals surface area contributed by atoms with E-state index in [1.807, 2.05) is 0 Å². The van der Waals surface area contributed by atoms with E-state index in [0.717, 1.165) is 6.26 Å². The molecule has 0 fully saturated rings. The van der Waals surface area contributed by atoms with Gasteiger partial charge in [0.2, 0.25) is 0 Å². The van der Waals surface area contributed by atoms with Gasteiger partial charge in [-0.15, -0.1) is 0 Å². The summed E-state index contributed by atoms with van der Waals surface area (Å²) in [5, 5.41) is 11.5. The number of rotatable bonds is 17. The van der Waals surface area contributed by atoms with Gasteiger partial charge in [0, 0.05) is 10.1 Å². The summed E-state index contributed by atoms with van der Waals surface area (Å²) in [6.45, 7) is 0.470. The number of phosphoric ester groups is 2. The van der Waals surface area contributed by atoms with Gasteiger partial charge in [-0.25, -0.2) is 4.89 Å². The van der Waals surface area contributed by atoms with E-state index in [0.29, 0.717) is 0 Å². The Kier molecular flexibility index (Phi) is 13.4. The summed E-state index contributed by atoms with van der Waals surface area (Å²) in [6.07, 6.45) is -0.583. The largest absolute Gasteiger partial charge is 0.756 e. The minimum absolute atomic E-state index is 0.305. The van der Waals surface area contributed by atoms with E-state index in [1.165, 1.54) is 0 Å². The zero-order chi connectivity index (χ0) is 19.2. The van der Waals surface area contributed by atoms with E-state index in [4.69, 9.17) is 10.6 Å². The van der Waals surface area contributed by atoms with Gasteiger partial charge in [-0.3, -0.25) is 9.13 Å². The molecule has 17 heteroatoms. The second kappa shape index (κ2) is 13.7. The monoisotopic (exact) mass is 413 g/mol. The lowest BCUT2D eigenvalue weighted by molar-refractivity contribution is -0.700. The topological polar surface area (TPSA) is 210 Å². The molecule has 0 aromatic carbocycles. The van der Waals surface area contributed by atoms with E-state index in [2.05, 4.69) is 49.8 Å². The number of hydrogen-bond acceptors (Lipinski definition) is 14. The summed E-state index contributed by atoms with van der Waals surface area (Å²) in [6, 6.07) is 0. The SMILES string of the molecule is C=COOOOOCCOP(=O)([O-])OC(COCN)COP(=O)([O-])O. The maximum atomic E-state index is 11.6. The van der Waals surface area contributed by atoms with Crippen molar-refractivity contribution in [2.75, 3.05) is 33.2 Å². The predicted octanol–water partition coefficient (Wildman–Crippen LogP) is -1.85. The third kappa shape index (κ3) is 16.7. The number of ether oxygens (including phenoxy) is 1. The van der Waals surface area contributed by atoms with Gasteiger partial charge in [0.25, 0.3) is 15.6 Å². The molecule has 3 unspecified atom stereocenters. The summed E-state index contributed by atoms with van der Waals surface area (Å²) in [5.74, 6) is 0. The van der Waals surface area contributed by atoms with Crippen molar-refractivity contribution in [1.29, 1.82) is 0 Å². The van der Waals surface area contributed by atoms with Crippen LogP contribution >= 0.6 is 15.6 Å². The summed E-state index contributed by atoms with van der Waals surface area (Å²) >= 11 is 0. The standard InChI is InChI=1S/C8H19NO14P2/c1-2-16-21-23-22-17-3-4-18-25(13,14)20-8(5-15-7-9)6-19-24(10,11)12/h2,8H,1,3-7,9H2,(H,13,14)(H2,10,11,12)/p-2. The molecule has 0 saturated carbocycles. The molecular weight excluding hydrogens is 396 g/mol. The lowest BCUT2D eigenvalue weighted by Gasteiger charge is -2.28. The normalized spacial score (nSPS) is 17.4. The van der Waals surface area contributed by atoms with Gasteiger partial charge in [0.05, 0.1) is 26.6 Å². The first-order chi connectivity index (χ1) is 11.7. The molecule has 0 aliphatic heterocycles. The average molecular weight is 413 g/mol. The lowest BCUT2D eigenvalue weighted by atomic mass is 10.4. The first kappa shape index (κ1) is 24.5. The molecule has 3 atom stereocenters. The number of nitrogens with two attached hydrogens (primary N) is 1. The first-order valence-corrected chi connectivity index (χ1v) is 9.15. The second-order valence-electron chi connectivity index (χ2n) is 3.60. The highest BCUT2D eigenvalue weighted by molar-refractivity contribution is 7.46. The van der Waals surface area contributed by atoms with Crippen molar-refractivity contribution >= 4 is 15.6 Å². The van der Waals surface area contributed by atoms with Crippen LogP contribution in [-0.4, -0.2) is 44.2 Å². The highest BCUT2D eigenvalue weighted by atomic mass is 31.2. The molecule has 25 heavy (non-hydrogen) atoms. The van der Waals surface area contributed by atoms with Crippen LogP contribution in [0.2, 0.25) is 0 Å². The van der Waals surface area contributed by atoms with Crippen molar-refractivity contribution in [2.24, 2.45) is 5.73 Å². The molecule has 15 nitrogen and oxygen atoms in total. The Morgan fingerprint density at radius 2 is 1.84 bits per heavy atom.